The van der Waals surface area contributed by atoms with Crippen LogP contribution in [0, 0.1) is 17.5 Å². The zero-order valence-electron chi connectivity index (χ0n) is 16.6. The van der Waals surface area contributed by atoms with Gasteiger partial charge in [0.05, 0.1) is 24.3 Å². The van der Waals surface area contributed by atoms with Gasteiger partial charge in [-0.1, -0.05) is 6.07 Å². The van der Waals surface area contributed by atoms with Crippen LogP contribution in [0.3, 0.4) is 0 Å². The summed E-state index contributed by atoms with van der Waals surface area (Å²) >= 11 is 0. The second-order valence-corrected chi connectivity index (χ2v) is 6.90. The van der Waals surface area contributed by atoms with Gasteiger partial charge in [-0.3, -0.25) is 19.5 Å². The van der Waals surface area contributed by atoms with Gasteiger partial charge in [0.1, 0.15) is 17.3 Å². The molecule has 1 aromatic heterocycles. The van der Waals surface area contributed by atoms with E-state index in [1.165, 1.54) is 25.6 Å². The number of carbonyl (C=O) groups is 2. The molecule has 1 unspecified atom stereocenters. The predicted octanol–water partition coefficient (Wildman–Crippen LogP) is 4.13. The number of nitrogens with zero attached hydrogens (tertiary/aromatic N) is 2. The Morgan fingerprint density at radius 2 is 1.84 bits per heavy atom. The molecule has 32 heavy (non-hydrogen) atoms. The van der Waals surface area contributed by atoms with Crippen molar-refractivity contribution in [3.8, 4) is 5.75 Å². The fraction of sp³-hybridized carbons (Fsp3) is 0.0870. The number of aliphatic hydroxyl groups excluding tert-OH is 1. The first kappa shape index (κ1) is 21.1. The lowest BCUT2D eigenvalue weighted by Crippen LogP contribution is -2.29. The van der Waals surface area contributed by atoms with E-state index < -0.39 is 40.9 Å². The number of pyridine rings is 1. The van der Waals surface area contributed by atoms with Gasteiger partial charge in [-0.15, -0.1) is 0 Å². The standard InChI is InChI=1S/C23H15F3N2O4/c1-32-18-7-4-13(24)9-15(18)21(29)19-20(12-3-2-8-27-11-12)28(23(31)22(19)30)14-5-6-16(25)17(26)10-14/h2-11,20,29H,1H3/b21-19+. The van der Waals surface area contributed by atoms with Crippen LogP contribution in [0.2, 0.25) is 0 Å². The minimum absolute atomic E-state index is 0.0628. The molecule has 1 saturated heterocycles. The number of benzene rings is 2. The van der Waals surface area contributed by atoms with Crippen molar-refractivity contribution in [2.75, 3.05) is 12.0 Å². The number of aromatic nitrogens is 1. The minimum atomic E-state index is -1.23. The van der Waals surface area contributed by atoms with E-state index in [0.29, 0.717) is 5.56 Å². The van der Waals surface area contributed by atoms with Crippen LogP contribution in [-0.4, -0.2) is 28.9 Å². The van der Waals surface area contributed by atoms with Gasteiger partial charge in [-0.2, -0.15) is 0 Å². The SMILES string of the molecule is COc1ccc(F)cc1/C(O)=C1\C(=O)C(=O)N(c2ccc(F)c(F)c2)C1c1cccnc1. The summed E-state index contributed by atoms with van der Waals surface area (Å²) < 4.78 is 46.5. The Morgan fingerprint density at radius 3 is 2.50 bits per heavy atom. The zero-order valence-corrected chi connectivity index (χ0v) is 16.6. The summed E-state index contributed by atoms with van der Waals surface area (Å²) in [6.07, 6.45) is 2.82. The summed E-state index contributed by atoms with van der Waals surface area (Å²) in [7, 11) is 1.29. The Kier molecular flexibility index (Phi) is 5.40. The molecule has 0 aliphatic carbocycles. The lowest BCUT2D eigenvalue weighted by Gasteiger charge is -2.25. The molecule has 1 fully saturated rings. The second-order valence-electron chi connectivity index (χ2n) is 6.90. The molecule has 6 nitrogen and oxygen atoms in total. The fourth-order valence-corrected chi connectivity index (χ4v) is 3.60. The summed E-state index contributed by atoms with van der Waals surface area (Å²) in [5, 5.41) is 11.0. The number of hydrogen-bond donors (Lipinski definition) is 1. The Bertz CT molecular complexity index is 1260. The first-order chi connectivity index (χ1) is 15.3. The lowest BCUT2D eigenvalue weighted by molar-refractivity contribution is -0.132. The molecule has 162 valence electrons. The van der Waals surface area contributed by atoms with E-state index in [2.05, 4.69) is 4.98 Å². The molecule has 0 saturated carbocycles. The number of Topliss-reactive ketones (excluding diaryl/α,β-unsaturated/α-hetero) is 1. The number of methoxy groups -OCH3 is 1. The molecular formula is C23H15F3N2O4. The number of ether oxygens (including phenoxy) is 1. The molecule has 1 N–H and O–H groups in total. The van der Waals surface area contributed by atoms with Crippen LogP contribution in [-0.2, 0) is 9.59 Å². The van der Waals surface area contributed by atoms with Crippen molar-refractivity contribution in [1.29, 1.82) is 0 Å². The summed E-state index contributed by atoms with van der Waals surface area (Å²) in [5.41, 5.74) is -0.320. The van der Waals surface area contributed by atoms with Gasteiger partial charge in [0.2, 0.25) is 0 Å². The first-order valence-corrected chi connectivity index (χ1v) is 9.33. The van der Waals surface area contributed by atoms with E-state index >= 15 is 0 Å². The van der Waals surface area contributed by atoms with Crippen LogP contribution in [0.4, 0.5) is 18.9 Å². The number of halogens is 3. The third-order valence-electron chi connectivity index (χ3n) is 5.04. The highest BCUT2D eigenvalue weighted by atomic mass is 19.2. The van der Waals surface area contributed by atoms with Gasteiger partial charge < -0.3 is 9.84 Å². The Labute approximate surface area is 180 Å². The van der Waals surface area contributed by atoms with Crippen LogP contribution in [0.5, 0.6) is 5.75 Å². The molecule has 2 aromatic carbocycles. The quantitative estimate of drug-likeness (QED) is 0.375. The third kappa shape index (κ3) is 3.47. The van der Waals surface area contributed by atoms with Crippen LogP contribution in [0.25, 0.3) is 5.76 Å². The third-order valence-corrected chi connectivity index (χ3v) is 5.04. The fourth-order valence-electron chi connectivity index (χ4n) is 3.60. The highest BCUT2D eigenvalue weighted by molar-refractivity contribution is 6.51. The summed E-state index contributed by atoms with van der Waals surface area (Å²) in [5.74, 6) is -5.85. The molecule has 0 spiro atoms. The smallest absolute Gasteiger partial charge is 0.300 e. The number of ketones is 1. The van der Waals surface area contributed by atoms with Gasteiger partial charge in [-0.05, 0) is 42.0 Å². The van der Waals surface area contributed by atoms with Crippen LogP contribution in [0.15, 0.2) is 66.5 Å². The van der Waals surface area contributed by atoms with E-state index in [-0.39, 0.29) is 22.6 Å². The lowest BCUT2D eigenvalue weighted by atomic mass is 9.95. The van der Waals surface area contributed by atoms with Gasteiger partial charge in [0.15, 0.2) is 11.6 Å². The maximum absolute atomic E-state index is 13.9. The molecule has 0 radical (unpaired) electrons. The number of amides is 1. The van der Waals surface area contributed by atoms with Crippen molar-refractivity contribution in [1.82, 2.24) is 4.98 Å². The van der Waals surface area contributed by atoms with Gasteiger partial charge in [-0.25, -0.2) is 13.2 Å². The number of anilines is 1. The normalized spacial score (nSPS) is 17.6. The van der Waals surface area contributed by atoms with E-state index in [1.807, 2.05) is 0 Å². The average Bonchev–Trinajstić information content (AvgIpc) is 3.06. The highest BCUT2D eigenvalue weighted by Crippen LogP contribution is 2.43. The number of carbonyl (C=O) groups excluding carboxylic acids is 2. The highest BCUT2D eigenvalue weighted by Gasteiger charge is 2.47. The van der Waals surface area contributed by atoms with Crippen molar-refractivity contribution in [2.24, 2.45) is 0 Å². The van der Waals surface area contributed by atoms with Gasteiger partial charge in [0.25, 0.3) is 11.7 Å². The Balaban J connectivity index is 1.98. The molecule has 2 heterocycles. The van der Waals surface area contributed by atoms with E-state index in [1.54, 1.807) is 12.1 Å². The van der Waals surface area contributed by atoms with Crippen molar-refractivity contribution in [2.45, 2.75) is 6.04 Å². The predicted molar refractivity (Wildman–Crippen MR) is 108 cm³/mol. The van der Waals surface area contributed by atoms with Gasteiger partial charge >= 0.3 is 0 Å². The summed E-state index contributed by atoms with van der Waals surface area (Å²) in [6.45, 7) is 0. The molecule has 0 bridgehead atoms. The molecule has 4 rings (SSSR count). The van der Waals surface area contributed by atoms with Crippen LogP contribution >= 0.6 is 0 Å². The van der Waals surface area contributed by atoms with Crippen molar-refractivity contribution < 1.29 is 32.6 Å². The maximum atomic E-state index is 13.9. The van der Waals surface area contributed by atoms with E-state index in [0.717, 1.165) is 35.2 Å². The van der Waals surface area contributed by atoms with Crippen molar-refractivity contribution in [3.63, 3.8) is 0 Å². The molecule has 1 amide bonds. The maximum Gasteiger partial charge on any atom is 0.300 e. The monoisotopic (exact) mass is 440 g/mol. The summed E-state index contributed by atoms with van der Waals surface area (Å²) in [6, 6.07) is 7.90. The molecule has 1 atom stereocenters. The summed E-state index contributed by atoms with van der Waals surface area (Å²) in [4.78, 5) is 30.8. The molecule has 1 aliphatic heterocycles. The number of rotatable bonds is 4. The first-order valence-electron chi connectivity index (χ1n) is 9.33. The number of aliphatic hydroxyl groups is 1. The molecule has 1 aliphatic rings. The molecule has 9 heteroatoms. The van der Waals surface area contributed by atoms with Crippen LogP contribution < -0.4 is 9.64 Å². The minimum Gasteiger partial charge on any atom is -0.507 e. The van der Waals surface area contributed by atoms with E-state index in [9.17, 15) is 27.9 Å². The second kappa shape index (κ2) is 8.18. The van der Waals surface area contributed by atoms with Crippen molar-refractivity contribution in [3.05, 3.63) is 95.1 Å². The van der Waals surface area contributed by atoms with Crippen LogP contribution in [0.1, 0.15) is 17.2 Å². The zero-order chi connectivity index (χ0) is 23.0. The molecular weight excluding hydrogens is 425 g/mol. The number of hydrogen-bond acceptors (Lipinski definition) is 5. The molecule has 3 aromatic rings. The Morgan fingerprint density at radius 1 is 1.06 bits per heavy atom. The average molecular weight is 440 g/mol. The van der Waals surface area contributed by atoms with E-state index in [4.69, 9.17) is 4.74 Å². The topological polar surface area (TPSA) is 79.7 Å². The van der Waals surface area contributed by atoms with Crippen molar-refractivity contribution >= 4 is 23.1 Å². The Hall–Kier alpha value is -4.14. The van der Waals surface area contributed by atoms with Gasteiger partial charge in [0, 0.05) is 24.1 Å². The largest absolute Gasteiger partial charge is 0.507 e.